The van der Waals surface area contributed by atoms with Gasteiger partial charge >= 0.3 is 5.97 Å². The van der Waals surface area contributed by atoms with Crippen LogP contribution in [0.3, 0.4) is 0 Å². The van der Waals surface area contributed by atoms with Crippen LogP contribution in [0.1, 0.15) is 58.3 Å². The lowest BCUT2D eigenvalue weighted by molar-refractivity contribution is -0.137. The Balaban J connectivity index is 1.93. The molecular formula is C20H30O6. The van der Waals surface area contributed by atoms with E-state index in [1.54, 1.807) is 18.2 Å². The lowest BCUT2D eigenvalue weighted by Crippen LogP contribution is -2.24. The van der Waals surface area contributed by atoms with Gasteiger partial charge in [0.1, 0.15) is 6.10 Å². The Labute approximate surface area is 154 Å². The summed E-state index contributed by atoms with van der Waals surface area (Å²) in [5.74, 6) is -1.46. The van der Waals surface area contributed by atoms with Crippen molar-refractivity contribution in [1.29, 1.82) is 0 Å². The van der Waals surface area contributed by atoms with Crippen molar-refractivity contribution in [1.82, 2.24) is 0 Å². The first kappa shape index (κ1) is 20.6. The Morgan fingerprint density at radius 3 is 2.81 bits per heavy atom. The van der Waals surface area contributed by atoms with Crippen LogP contribution >= 0.6 is 0 Å². The lowest BCUT2D eigenvalue weighted by atomic mass is 9.89. The van der Waals surface area contributed by atoms with Gasteiger partial charge in [0.25, 0.3) is 0 Å². The molecule has 0 aromatic carbocycles. The Hall–Kier alpha value is -1.66. The molecule has 0 spiro atoms. The number of aliphatic hydroxyl groups is 2. The molecular weight excluding hydrogens is 336 g/mol. The van der Waals surface area contributed by atoms with Crippen molar-refractivity contribution in [2.45, 2.75) is 76.6 Å². The fourth-order valence-electron chi connectivity index (χ4n) is 3.72. The standard InChI is InChI=1S/C20H30O6/c1-2-3-4-7-13(21)10-11-14-15(22)12-17-19(14)20(25)16(26-17)8-5-6-9-18(23)24/h8,10-11,13-15,17,19,21-22H,2-7,9,12H2,1H3,(H,23,24)/b11-10+,16-8-/t13-,14-,15+,17+,19-/m0/s1. The molecule has 1 aliphatic carbocycles. The van der Waals surface area contributed by atoms with Crippen LogP contribution in [0, 0.1) is 11.8 Å². The maximum atomic E-state index is 12.6. The summed E-state index contributed by atoms with van der Waals surface area (Å²) in [6.45, 7) is 2.11. The molecule has 1 heterocycles. The van der Waals surface area contributed by atoms with Gasteiger partial charge in [-0.25, -0.2) is 0 Å². The van der Waals surface area contributed by atoms with Crippen molar-refractivity contribution in [3.05, 3.63) is 24.0 Å². The molecule has 2 rings (SSSR count). The Kier molecular flexibility index (Phi) is 7.85. The first-order chi connectivity index (χ1) is 12.4. The average molecular weight is 366 g/mol. The molecule has 0 amide bonds. The van der Waals surface area contributed by atoms with Crippen molar-refractivity contribution in [3.63, 3.8) is 0 Å². The number of ketones is 1. The van der Waals surface area contributed by atoms with Gasteiger partial charge in [-0.3, -0.25) is 9.59 Å². The maximum Gasteiger partial charge on any atom is 0.303 e. The summed E-state index contributed by atoms with van der Waals surface area (Å²) >= 11 is 0. The number of aliphatic carboxylic acids is 1. The fraction of sp³-hybridized carbons (Fsp3) is 0.700. The maximum absolute atomic E-state index is 12.6. The summed E-state index contributed by atoms with van der Waals surface area (Å²) in [7, 11) is 0. The lowest BCUT2D eigenvalue weighted by Gasteiger charge is -2.15. The topological polar surface area (TPSA) is 104 Å². The predicted octanol–water partition coefficient (Wildman–Crippen LogP) is 2.59. The van der Waals surface area contributed by atoms with Gasteiger partial charge in [0.2, 0.25) is 5.78 Å². The highest BCUT2D eigenvalue weighted by atomic mass is 16.5. The van der Waals surface area contributed by atoms with Gasteiger partial charge in [0.15, 0.2) is 5.76 Å². The van der Waals surface area contributed by atoms with E-state index in [1.807, 2.05) is 0 Å². The van der Waals surface area contributed by atoms with E-state index in [-0.39, 0.29) is 24.2 Å². The second kappa shape index (κ2) is 9.88. The first-order valence-electron chi connectivity index (χ1n) is 9.61. The number of carbonyl (C=O) groups is 2. The molecule has 0 aromatic rings. The molecule has 2 aliphatic rings. The number of unbranched alkanes of at least 4 members (excludes halogenated alkanes) is 3. The molecule has 26 heavy (non-hydrogen) atoms. The zero-order chi connectivity index (χ0) is 19.1. The number of carbonyl (C=O) groups excluding carboxylic acids is 1. The third-order valence-electron chi connectivity index (χ3n) is 5.14. The highest BCUT2D eigenvalue weighted by molar-refractivity contribution is 5.98. The van der Waals surface area contributed by atoms with E-state index >= 15 is 0 Å². The van der Waals surface area contributed by atoms with E-state index in [1.165, 1.54) is 0 Å². The molecule has 0 radical (unpaired) electrons. The molecule has 3 N–H and O–H groups in total. The smallest absolute Gasteiger partial charge is 0.303 e. The van der Waals surface area contributed by atoms with Crippen LogP contribution in [-0.4, -0.2) is 45.4 Å². The zero-order valence-corrected chi connectivity index (χ0v) is 15.3. The Bertz CT molecular complexity index is 553. The highest BCUT2D eigenvalue weighted by Crippen LogP contribution is 2.43. The zero-order valence-electron chi connectivity index (χ0n) is 15.3. The molecule has 146 valence electrons. The van der Waals surface area contributed by atoms with E-state index in [4.69, 9.17) is 9.84 Å². The summed E-state index contributed by atoms with van der Waals surface area (Å²) < 4.78 is 5.70. The number of rotatable bonds is 10. The van der Waals surface area contributed by atoms with Crippen LogP contribution in [0.5, 0.6) is 0 Å². The SMILES string of the molecule is CCCCC[C@H](O)/C=C/[C@@H]1[C@@H]2C(=O)/C(=C/CCCC(=O)O)O[C@@H]2C[C@H]1O. The summed E-state index contributed by atoms with van der Waals surface area (Å²) in [5, 5.41) is 28.9. The van der Waals surface area contributed by atoms with Crippen molar-refractivity contribution in [3.8, 4) is 0 Å². The van der Waals surface area contributed by atoms with E-state index in [0.29, 0.717) is 31.4 Å². The summed E-state index contributed by atoms with van der Waals surface area (Å²) in [6, 6.07) is 0. The Morgan fingerprint density at radius 1 is 1.35 bits per heavy atom. The van der Waals surface area contributed by atoms with Crippen molar-refractivity contribution < 1.29 is 29.6 Å². The number of hydrogen-bond acceptors (Lipinski definition) is 5. The number of Topliss-reactive ketones (excluding diaryl/α,β-unsaturated/α-hetero) is 1. The molecule has 0 bridgehead atoms. The quantitative estimate of drug-likeness (QED) is 0.312. The molecule has 6 nitrogen and oxygen atoms in total. The number of carboxylic acid groups (broad SMARTS) is 1. The average Bonchev–Trinajstić information content (AvgIpc) is 3.05. The van der Waals surface area contributed by atoms with Gasteiger partial charge in [0.05, 0.1) is 18.1 Å². The minimum atomic E-state index is -0.857. The number of aliphatic hydroxyl groups excluding tert-OH is 2. The van der Waals surface area contributed by atoms with Crippen LogP contribution in [0.4, 0.5) is 0 Å². The predicted molar refractivity (Wildman–Crippen MR) is 96.3 cm³/mol. The Morgan fingerprint density at radius 2 is 2.12 bits per heavy atom. The third-order valence-corrected chi connectivity index (χ3v) is 5.14. The van der Waals surface area contributed by atoms with Gasteiger partial charge in [0, 0.05) is 18.8 Å². The monoisotopic (exact) mass is 366 g/mol. The highest BCUT2D eigenvalue weighted by Gasteiger charge is 2.52. The van der Waals surface area contributed by atoms with Crippen LogP contribution in [-0.2, 0) is 14.3 Å². The van der Waals surface area contributed by atoms with Crippen LogP contribution in [0.15, 0.2) is 24.0 Å². The second-order valence-electron chi connectivity index (χ2n) is 7.23. The molecule has 0 aromatic heterocycles. The van der Waals surface area contributed by atoms with E-state index in [0.717, 1.165) is 19.3 Å². The fourth-order valence-corrected chi connectivity index (χ4v) is 3.72. The minimum Gasteiger partial charge on any atom is -0.486 e. The number of fused-ring (bicyclic) bond motifs is 1. The minimum absolute atomic E-state index is 0.0603. The van der Waals surface area contributed by atoms with Crippen LogP contribution in [0.2, 0.25) is 0 Å². The van der Waals surface area contributed by atoms with Gasteiger partial charge in [-0.1, -0.05) is 38.3 Å². The molecule has 1 saturated carbocycles. The summed E-state index contributed by atoms with van der Waals surface area (Å²) in [6.07, 6.45) is 8.76. The molecule has 6 heteroatoms. The summed E-state index contributed by atoms with van der Waals surface area (Å²) in [5.41, 5.74) is 0. The number of carboxylic acids is 1. The van der Waals surface area contributed by atoms with E-state index in [2.05, 4.69) is 6.92 Å². The second-order valence-corrected chi connectivity index (χ2v) is 7.23. The number of ether oxygens (including phenoxy) is 1. The van der Waals surface area contributed by atoms with Gasteiger partial charge in [-0.05, 0) is 25.3 Å². The molecule has 2 fully saturated rings. The first-order valence-corrected chi connectivity index (χ1v) is 9.61. The van der Waals surface area contributed by atoms with Gasteiger partial charge in [-0.2, -0.15) is 0 Å². The molecule has 5 atom stereocenters. The molecule has 0 unspecified atom stereocenters. The van der Waals surface area contributed by atoms with Crippen LogP contribution in [0.25, 0.3) is 0 Å². The molecule has 1 aliphatic heterocycles. The largest absolute Gasteiger partial charge is 0.486 e. The normalized spacial score (nSPS) is 30.7. The molecule has 1 saturated heterocycles. The summed E-state index contributed by atoms with van der Waals surface area (Å²) in [4.78, 5) is 23.1. The third kappa shape index (κ3) is 5.42. The number of allylic oxidation sites excluding steroid dienone is 2. The van der Waals surface area contributed by atoms with Crippen LogP contribution < -0.4 is 0 Å². The van der Waals surface area contributed by atoms with Gasteiger partial charge in [-0.15, -0.1) is 0 Å². The van der Waals surface area contributed by atoms with E-state index in [9.17, 15) is 19.8 Å². The van der Waals surface area contributed by atoms with Crippen molar-refractivity contribution in [2.75, 3.05) is 0 Å². The van der Waals surface area contributed by atoms with Gasteiger partial charge < -0.3 is 20.1 Å². The van der Waals surface area contributed by atoms with Crippen molar-refractivity contribution in [2.24, 2.45) is 11.8 Å². The van der Waals surface area contributed by atoms with E-state index < -0.39 is 24.1 Å². The van der Waals surface area contributed by atoms with Crippen molar-refractivity contribution >= 4 is 11.8 Å². The number of hydrogen-bond donors (Lipinski definition) is 3.